The van der Waals surface area contributed by atoms with Crippen molar-refractivity contribution in [2.75, 3.05) is 13.1 Å². The van der Waals surface area contributed by atoms with Gasteiger partial charge in [0.05, 0.1) is 6.54 Å². The zero-order chi connectivity index (χ0) is 9.68. The van der Waals surface area contributed by atoms with Crippen molar-refractivity contribution in [3.8, 4) is 0 Å². The Kier molecular flexibility index (Phi) is 4.09. The minimum Gasteiger partial charge on any atom is -0.357 e. The Morgan fingerprint density at radius 1 is 1.62 bits per heavy atom. The molecule has 1 fully saturated rings. The summed E-state index contributed by atoms with van der Waals surface area (Å²) in [7, 11) is 0. The van der Waals surface area contributed by atoms with Gasteiger partial charge in [-0.05, 0) is 19.8 Å². The molecule has 1 aliphatic rings. The van der Waals surface area contributed by atoms with Crippen LogP contribution in [-0.2, 0) is 0 Å². The van der Waals surface area contributed by atoms with Crippen LogP contribution in [0.15, 0.2) is 16.6 Å². The summed E-state index contributed by atoms with van der Waals surface area (Å²) in [5, 5.41) is 7.00. The maximum absolute atomic E-state index is 5.62. The molecule has 0 bridgehead atoms. The number of aliphatic imine (C=N–C) groups is 1. The molecule has 2 N–H and O–H groups in total. The van der Waals surface area contributed by atoms with Crippen molar-refractivity contribution in [1.29, 1.82) is 0 Å². The van der Waals surface area contributed by atoms with Crippen LogP contribution >= 0.6 is 11.6 Å². The Labute approximate surface area is 84.3 Å². The minimum absolute atomic E-state index is 0.476. The van der Waals surface area contributed by atoms with Gasteiger partial charge in [-0.25, -0.2) is 4.99 Å². The molecule has 0 aromatic carbocycles. The van der Waals surface area contributed by atoms with E-state index < -0.39 is 0 Å². The van der Waals surface area contributed by atoms with Gasteiger partial charge >= 0.3 is 0 Å². The van der Waals surface area contributed by atoms with Gasteiger partial charge in [0.25, 0.3) is 0 Å². The molecule has 1 aliphatic carbocycles. The summed E-state index contributed by atoms with van der Waals surface area (Å²) in [5.74, 6) is 0.840. The fourth-order valence-corrected chi connectivity index (χ4v) is 0.966. The van der Waals surface area contributed by atoms with Gasteiger partial charge in [-0.3, -0.25) is 0 Å². The summed E-state index contributed by atoms with van der Waals surface area (Å²) in [6.07, 6.45) is 2.48. The summed E-state index contributed by atoms with van der Waals surface area (Å²) >= 11 is 5.62. The first-order chi connectivity index (χ1) is 6.22. The zero-order valence-electron chi connectivity index (χ0n) is 7.94. The van der Waals surface area contributed by atoms with E-state index >= 15 is 0 Å². The molecule has 0 heterocycles. The van der Waals surface area contributed by atoms with E-state index in [0.717, 1.165) is 12.5 Å². The molecule has 4 heteroatoms. The van der Waals surface area contributed by atoms with Gasteiger partial charge in [0.2, 0.25) is 0 Å². The molecular weight excluding hydrogens is 186 g/mol. The lowest BCUT2D eigenvalue weighted by molar-refractivity contribution is 0.820. The summed E-state index contributed by atoms with van der Waals surface area (Å²) in [4.78, 5) is 4.26. The number of hydrogen-bond acceptors (Lipinski definition) is 1. The van der Waals surface area contributed by atoms with Crippen LogP contribution in [0.25, 0.3) is 0 Å². The van der Waals surface area contributed by atoms with Gasteiger partial charge < -0.3 is 10.6 Å². The lowest BCUT2D eigenvalue weighted by atomic mass is 10.6. The molecule has 0 aromatic rings. The highest BCUT2D eigenvalue weighted by Crippen LogP contribution is 2.18. The van der Waals surface area contributed by atoms with Crippen molar-refractivity contribution in [3.63, 3.8) is 0 Å². The minimum atomic E-state index is 0.476. The third-order valence-electron chi connectivity index (χ3n) is 1.67. The standard InChI is InChI=1S/C9H16ClN3/c1-3-11-9(12-6-7(2)10)13-8-4-5-8/h8H,2-6H2,1H3,(H2,11,12,13). The second-order valence-electron chi connectivity index (χ2n) is 3.13. The first kappa shape index (κ1) is 10.4. The normalized spacial score (nSPS) is 16.9. The average Bonchev–Trinajstić information content (AvgIpc) is 2.84. The monoisotopic (exact) mass is 201 g/mol. The molecule has 13 heavy (non-hydrogen) atoms. The molecule has 1 rings (SSSR count). The average molecular weight is 202 g/mol. The fourth-order valence-electron chi connectivity index (χ4n) is 0.906. The fraction of sp³-hybridized carbons (Fsp3) is 0.667. The van der Waals surface area contributed by atoms with E-state index in [2.05, 4.69) is 22.2 Å². The number of halogens is 1. The van der Waals surface area contributed by atoms with E-state index in [1.54, 1.807) is 0 Å². The van der Waals surface area contributed by atoms with Crippen molar-refractivity contribution in [1.82, 2.24) is 10.6 Å². The molecule has 0 unspecified atom stereocenters. The molecule has 0 saturated heterocycles. The Balaban J connectivity index is 2.33. The number of rotatable bonds is 4. The lowest BCUT2D eigenvalue weighted by Crippen LogP contribution is -2.38. The maximum atomic E-state index is 5.62. The van der Waals surface area contributed by atoms with E-state index in [1.165, 1.54) is 12.8 Å². The smallest absolute Gasteiger partial charge is 0.191 e. The number of guanidine groups is 1. The van der Waals surface area contributed by atoms with Crippen molar-refractivity contribution >= 4 is 17.6 Å². The summed E-state index contributed by atoms with van der Waals surface area (Å²) in [5.41, 5.74) is 0. The van der Waals surface area contributed by atoms with E-state index in [0.29, 0.717) is 17.6 Å². The highest BCUT2D eigenvalue weighted by Gasteiger charge is 2.21. The largest absolute Gasteiger partial charge is 0.357 e. The summed E-state index contributed by atoms with van der Waals surface area (Å²) in [6, 6.07) is 0.612. The van der Waals surface area contributed by atoms with Crippen LogP contribution in [0.1, 0.15) is 19.8 Å². The van der Waals surface area contributed by atoms with Gasteiger partial charge in [0, 0.05) is 17.6 Å². The van der Waals surface area contributed by atoms with Crippen molar-refractivity contribution in [3.05, 3.63) is 11.6 Å². The SMILES string of the molecule is C=C(Cl)CN=C(NCC)NC1CC1. The molecule has 0 radical (unpaired) electrons. The Morgan fingerprint density at radius 3 is 2.77 bits per heavy atom. The summed E-state index contributed by atoms with van der Waals surface area (Å²) in [6.45, 7) is 6.97. The third-order valence-corrected chi connectivity index (χ3v) is 1.79. The first-order valence-corrected chi connectivity index (χ1v) is 4.98. The zero-order valence-corrected chi connectivity index (χ0v) is 8.69. The van der Waals surface area contributed by atoms with Crippen molar-refractivity contribution < 1.29 is 0 Å². The number of nitrogens with zero attached hydrogens (tertiary/aromatic N) is 1. The topological polar surface area (TPSA) is 36.4 Å². The van der Waals surface area contributed by atoms with Crippen LogP contribution in [0.3, 0.4) is 0 Å². The van der Waals surface area contributed by atoms with Crippen LogP contribution in [0, 0.1) is 0 Å². The summed E-state index contributed by atoms with van der Waals surface area (Å²) < 4.78 is 0. The third kappa shape index (κ3) is 4.78. The second-order valence-corrected chi connectivity index (χ2v) is 3.67. The molecule has 0 aromatic heterocycles. The molecule has 74 valence electrons. The quantitative estimate of drug-likeness (QED) is 0.534. The number of hydrogen-bond donors (Lipinski definition) is 2. The number of nitrogens with one attached hydrogen (secondary N) is 2. The lowest BCUT2D eigenvalue weighted by Gasteiger charge is -2.09. The van der Waals surface area contributed by atoms with E-state index in [9.17, 15) is 0 Å². The highest BCUT2D eigenvalue weighted by molar-refractivity contribution is 6.29. The van der Waals surface area contributed by atoms with Gasteiger partial charge in [0.1, 0.15) is 0 Å². The van der Waals surface area contributed by atoms with Gasteiger partial charge in [-0.2, -0.15) is 0 Å². The molecule has 0 amide bonds. The highest BCUT2D eigenvalue weighted by atomic mass is 35.5. The predicted octanol–water partition coefficient (Wildman–Crippen LogP) is 1.46. The van der Waals surface area contributed by atoms with Crippen LogP contribution < -0.4 is 10.6 Å². The van der Waals surface area contributed by atoms with Gasteiger partial charge in [-0.15, -0.1) is 0 Å². The molecule has 0 aliphatic heterocycles. The van der Waals surface area contributed by atoms with Gasteiger partial charge in [0.15, 0.2) is 5.96 Å². The Hall–Kier alpha value is -0.700. The second kappa shape index (κ2) is 5.12. The molecule has 0 atom stereocenters. The maximum Gasteiger partial charge on any atom is 0.191 e. The first-order valence-electron chi connectivity index (χ1n) is 4.60. The predicted molar refractivity (Wildman–Crippen MR) is 57.1 cm³/mol. The Bertz CT molecular complexity index is 209. The van der Waals surface area contributed by atoms with Crippen molar-refractivity contribution in [2.45, 2.75) is 25.8 Å². The van der Waals surface area contributed by atoms with Crippen LogP contribution in [0.5, 0.6) is 0 Å². The Morgan fingerprint density at radius 2 is 2.31 bits per heavy atom. The van der Waals surface area contributed by atoms with Crippen LogP contribution in [0.4, 0.5) is 0 Å². The van der Waals surface area contributed by atoms with E-state index in [-0.39, 0.29) is 0 Å². The van der Waals surface area contributed by atoms with Crippen LogP contribution in [-0.4, -0.2) is 25.1 Å². The van der Waals surface area contributed by atoms with E-state index in [4.69, 9.17) is 11.6 Å². The van der Waals surface area contributed by atoms with Gasteiger partial charge in [-0.1, -0.05) is 18.2 Å². The van der Waals surface area contributed by atoms with Crippen LogP contribution in [0.2, 0.25) is 0 Å². The molecular formula is C9H16ClN3. The molecule has 1 saturated carbocycles. The molecule has 3 nitrogen and oxygen atoms in total. The van der Waals surface area contributed by atoms with Crippen molar-refractivity contribution in [2.24, 2.45) is 4.99 Å². The van der Waals surface area contributed by atoms with E-state index in [1.807, 2.05) is 6.92 Å². The molecule has 0 spiro atoms.